The molecule has 0 radical (unpaired) electrons. The molecule has 2 N–H and O–H groups in total. The molecule has 0 aromatic heterocycles. The van der Waals surface area contributed by atoms with Gasteiger partial charge in [-0.25, -0.2) is 0 Å². The molecule has 1 aliphatic rings. The molecular formula is C18H14Cl2N2O4. The first kappa shape index (κ1) is 18.2. The zero-order chi connectivity index (χ0) is 18.8. The summed E-state index contributed by atoms with van der Waals surface area (Å²) in [5, 5.41) is 12.5. The lowest BCUT2D eigenvalue weighted by Gasteiger charge is -2.17. The zero-order valence-electron chi connectivity index (χ0n) is 13.4. The molecule has 2 aromatic rings. The number of carbonyl (C=O) groups is 3. The van der Waals surface area contributed by atoms with Crippen LogP contribution in [0.1, 0.15) is 10.4 Å². The molecule has 2 atom stereocenters. The van der Waals surface area contributed by atoms with E-state index >= 15 is 0 Å². The fourth-order valence-electron chi connectivity index (χ4n) is 2.82. The third kappa shape index (κ3) is 3.52. The molecule has 0 bridgehead atoms. The van der Waals surface area contributed by atoms with E-state index in [4.69, 9.17) is 23.2 Å². The molecule has 1 aliphatic heterocycles. The molecule has 0 saturated carbocycles. The molecule has 8 heteroatoms. The summed E-state index contributed by atoms with van der Waals surface area (Å²) in [6.45, 7) is -0.0233. The Kier molecular flexibility index (Phi) is 5.15. The van der Waals surface area contributed by atoms with Gasteiger partial charge in [0.25, 0.3) is 11.8 Å². The molecule has 6 nitrogen and oxygen atoms in total. The monoisotopic (exact) mass is 392 g/mol. The number of carboxylic acids is 1. The summed E-state index contributed by atoms with van der Waals surface area (Å²) in [5.74, 6) is -3.29. The standard InChI is InChI=1S/C18H14Cl2N2O4/c19-13-7-6-10(8-14(13)20)16(23)21-15-12(18(25)26)9-22(17(15)24)11-4-2-1-3-5-11/h1-8,12,15H,9H2,(H,21,23)(H,25,26). The van der Waals surface area contributed by atoms with Crippen molar-refractivity contribution in [2.24, 2.45) is 5.92 Å². The highest BCUT2D eigenvalue weighted by Crippen LogP contribution is 2.27. The van der Waals surface area contributed by atoms with Gasteiger partial charge < -0.3 is 15.3 Å². The Hall–Kier alpha value is -2.57. The number of benzene rings is 2. The molecule has 1 heterocycles. The number of carbonyl (C=O) groups excluding carboxylic acids is 2. The number of anilines is 1. The molecule has 0 spiro atoms. The van der Waals surface area contributed by atoms with Crippen LogP contribution in [0.5, 0.6) is 0 Å². The third-order valence-electron chi connectivity index (χ3n) is 4.17. The van der Waals surface area contributed by atoms with Crippen molar-refractivity contribution in [3.8, 4) is 0 Å². The summed E-state index contributed by atoms with van der Waals surface area (Å²) in [7, 11) is 0. The van der Waals surface area contributed by atoms with E-state index in [9.17, 15) is 19.5 Å². The van der Waals surface area contributed by atoms with Crippen LogP contribution < -0.4 is 10.2 Å². The highest BCUT2D eigenvalue weighted by molar-refractivity contribution is 6.42. The second-order valence-corrected chi connectivity index (χ2v) is 6.62. The van der Waals surface area contributed by atoms with Crippen LogP contribution in [0.2, 0.25) is 10.0 Å². The molecule has 2 aromatic carbocycles. The Bertz CT molecular complexity index is 873. The van der Waals surface area contributed by atoms with E-state index < -0.39 is 29.7 Å². The van der Waals surface area contributed by atoms with Gasteiger partial charge in [0.15, 0.2) is 0 Å². The lowest BCUT2D eigenvalue weighted by molar-refractivity contribution is -0.142. The van der Waals surface area contributed by atoms with Crippen LogP contribution in [-0.4, -0.2) is 35.5 Å². The quantitative estimate of drug-likeness (QED) is 0.837. The van der Waals surface area contributed by atoms with Crippen LogP contribution in [0.25, 0.3) is 0 Å². The third-order valence-corrected chi connectivity index (χ3v) is 4.91. The van der Waals surface area contributed by atoms with Crippen molar-refractivity contribution in [1.82, 2.24) is 5.32 Å². The Morgan fingerprint density at radius 3 is 2.38 bits per heavy atom. The largest absolute Gasteiger partial charge is 0.481 e. The van der Waals surface area contributed by atoms with Crippen LogP contribution in [0.3, 0.4) is 0 Å². The minimum absolute atomic E-state index is 0.0233. The van der Waals surface area contributed by atoms with Gasteiger partial charge >= 0.3 is 5.97 Å². The van der Waals surface area contributed by atoms with Gasteiger partial charge in [0.2, 0.25) is 0 Å². The maximum absolute atomic E-state index is 12.7. The molecule has 134 valence electrons. The van der Waals surface area contributed by atoms with Gasteiger partial charge in [0.1, 0.15) is 12.0 Å². The van der Waals surface area contributed by atoms with Crippen molar-refractivity contribution in [2.75, 3.05) is 11.4 Å². The van der Waals surface area contributed by atoms with Crippen LogP contribution in [-0.2, 0) is 9.59 Å². The summed E-state index contributed by atoms with van der Waals surface area (Å²) >= 11 is 11.7. The van der Waals surface area contributed by atoms with E-state index in [1.807, 2.05) is 0 Å². The van der Waals surface area contributed by atoms with E-state index in [0.29, 0.717) is 10.7 Å². The number of hydrogen-bond acceptors (Lipinski definition) is 3. The van der Waals surface area contributed by atoms with Crippen LogP contribution in [0.4, 0.5) is 5.69 Å². The van der Waals surface area contributed by atoms with Crippen molar-refractivity contribution < 1.29 is 19.5 Å². The van der Waals surface area contributed by atoms with Gasteiger partial charge in [-0.05, 0) is 30.3 Å². The van der Waals surface area contributed by atoms with Crippen LogP contribution >= 0.6 is 23.2 Å². The number of amides is 2. The summed E-state index contributed by atoms with van der Waals surface area (Å²) < 4.78 is 0. The van der Waals surface area contributed by atoms with E-state index in [1.165, 1.54) is 23.1 Å². The molecule has 26 heavy (non-hydrogen) atoms. The van der Waals surface area contributed by atoms with Gasteiger partial charge in [-0.3, -0.25) is 14.4 Å². The number of carboxylic acid groups (broad SMARTS) is 1. The van der Waals surface area contributed by atoms with E-state index in [1.54, 1.807) is 30.3 Å². The van der Waals surface area contributed by atoms with E-state index in [2.05, 4.69) is 5.32 Å². The lowest BCUT2D eigenvalue weighted by Crippen LogP contribution is -2.46. The number of hydrogen-bond donors (Lipinski definition) is 2. The topological polar surface area (TPSA) is 86.7 Å². The normalized spacial score (nSPS) is 19.5. The number of rotatable bonds is 4. The Balaban J connectivity index is 1.84. The van der Waals surface area contributed by atoms with Crippen LogP contribution in [0.15, 0.2) is 48.5 Å². The second-order valence-electron chi connectivity index (χ2n) is 5.81. The van der Waals surface area contributed by atoms with Gasteiger partial charge in [0.05, 0.1) is 10.0 Å². The SMILES string of the molecule is O=C(NC1C(=O)N(c2ccccc2)CC1C(=O)O)c1ccc(Cl)c(Cl)c1. The minimum atomic E-state index is -1.17. The molecule has 0 aliphatic carbocycles. The number of nitrogens with zero attached hydrogens (tertiary/aromatic N) is 1. The van der Waals surface area contributed by atoms with Crippen molar-refractivity contribution in [3.63, 3.8) is 0 Å². The Labute approximate surface area is 159 Å². The maximum atomic E-state index is 12.7. The Morgan fingerprint density at radius 1 is 1.08 bits per heavy atom. The number of aliphatic carboxylic acids is 1. The molecular weight excluding hydrogens is 379 g/mol. The molecule has 2 unspecified atom stereocenters. The fraction of sp³-hybridized carbons (Fsp3) is 0.167. The predicted octanol–water partition coefficient (Wildman–Crippen LogP) is 2.84. The van der Waals surface area contributed by atoms with Crippen molar-refractivity contribution in [1.29, 1.82) is 0 Å². The average Bonchev–Trinajstić information content (AvgIpc) is 2.95. The van der Waals surface area contributed by atoms with E-state index in [-0.39, 0.29) is 17.1 Å². The summed E-state index contributed by atoms with van der Waals surface area (Å²) in [6.07, 6.45) is 0. The summed E-state index contributed by atoms with van der Waals surface area (Å²) in [4.78, 5) is 38.1. The van der Waals surface area contributed by atoms with Crippen molar-refractivity contribution >= 4 is 46.7 Å². The van der Waals surface area contributed by atoms with Gasteiger partial charge in [0, 0.05) is 17.8 Å². The van der Waals surface area contributed by atoms with Gasteiger partial charge in [-0.15, -0.1) is 0 Å². The zero-order valence-corrected chi connectivity index (χ0v) is 14.9. The van der Waals surface area contributed by atoms with Crippen LogP contribution in [0, 0.1) is 5.92 Å². The smallest absolute Gasteiger partial charge is 0.310 e. The molecule has 3 rings (SSSR count). The highest BCUT2D eigenvalue weighted by atomic mass is 35.5. The summed E-state index contributed by atoms with van der Waals surface area (Å²) in [6, 6.07) is 11.8. The van der Waals surface area contributed by atoms with Gasteiger partial charge in [-0.1, -0.05) is 41.4 Å². The molecule has 2 amide bonds. The maximum Gasteiger partial charge on any atom is 0.310 e. The fourth-order valence-corrected chi connectivity index (χ4v) is 3.12. The molecule has 1 saturated heterocycles. The van der Waals surface area contributed by atoms with Crippen molar-refractivity contribution in [2.45, 2.75) is 6.04 Å². The van der Waals surface area contributed by atoms with Crippen molar-refractivity contribution in [3.05, 3.63) is 64.1 Å². The highest BCUT2D eigenvalue weighted by Gasteiger charge is 2.45. The van der Waals surface area contributed by atoms with Gasteiger partial charge in [-0.2, -0.15) is 0 Å². The Morgan fingerprint density at radius 2 is 1.77 bits per heavy atom. The predicted molar refractivity (Wildman–Crippen MR) is 97.6 cm³/mol. The number of para-hydroxylation sites is 1. The average molecular weight is 393 g/mol. The van der Waals surface area contributed by atoms with E-state index in [0.717, 1.165) is 0 Å². The number of halogens is 2. The molecule has 1 fully saturated rings. The summed E-state index contributed by atoms with van der Waals surface area (Å²) in [5.41, 5.74) is 0.768. The first-order valence-electron chi connectivity index (χ1n) is 7.73. The lowest BCUT2D eigenvalue weighted by atomic mass is 10.0. The second kappa shape index (κ2) is 7.35. The number of nitrogens with one attached hydrogen (secondary N) is 1. The first-order valence-corrected chi connectivity index (χ1v) is 8.49. The first-order chi connectivity index (χ1) is 12.4. The minimum Gasteiger partial charge on any atom is -0.481 e.